The average Bonchev–Trinajstić information content (AvgIpc) is 2.17. The maximum atomic E-state index is 12.5. The minimum absolute atomic E-state index is 0.00662. The maximum absolute atomic E-state index is 12.5. The van der Waals surface area contributed by atoms with E-state index in [9.17, 15) is 13.6 Å². The molecule has 88 valence electrons. The van der Waals surface area contributed by atoms with Crippen LogP contribution in [-0.4, -0.2) is 17.6 Å². The summed E-state index contributed by atoms with van der Waals surface area (Å²) >= 11 is 4.80. The number of ether oxygens (including phenoxy) is 1. The van der Waals surface area contributed by atoms with Crippen molar-refractivity contribution in [2.24, 2.45) is 0 Å². The highest BCUT2D eigenvalue weighted by molar-refractivity contribution is 14.1. The molecule has 0 aliphatic rings. The van der Waals surface area contributed by atoms with Crippen LogP contribution in [0, 0.1) is 3.57 Å². The summed E-state index contributed by atoms with van der Waals surface area (Å²) in [6, 6.07) is 0. The van der Waals surface area contributed by atoms with Gasteiger partial charge in [-0.3, -0.25) is 4.98 Å². The third-order valence-corrected chi connectivity index (χ3v) is 3.31. The van der Waals surface area contributed by atoms with Crippen LogP contribution in [0.15, 0.2) is 10.7 Å². The van der Waals surface area contributed by atoms with Crippen molar-refractivity contribution in [2.75, 3.05) is 6.61 Å². The lowest BCUT2D eigenvalue weighted by molar-refractivity contribution is 0.0523. The highest BCUT2D eigenvalue weighted by Gasteiger charge is 2.23. The van der Waals surface area contributed by atoms with Crippen LogP contribution < -0.4 is 0 Å². The molecule has 0 spiro atoms. The van der Waals surface area contributed by atoms with Gasteiger partial charge >= 0.3 is 5.97 Å². The molecule has 0 fully saturated rings. The number of esters is 1. The van der Waals surface area contributed by atoms with Gasteiger partial charge in [0.2, 0.25) is 0 Å². The Morgan fingerprint density at radius 2 is 2.31 bits per heavy atom. The van der Waals surface area contributed by atoms with E-state index >= 15 is 0 Å². The topological polar surface area (TPSA) is 39.2 Å². The van der Waals surface area contributed by atoms with E-state index in [2.05, 4.69) is 20.9 Å². The lowest BCUT2D eigenvalue weighted by Gasteiger charge is -2.09. The molecule has 0 amide bonds. The predicted octanol–water partition coefficient (Wildman–Crippen LogP) is 3.56. The number of nitrogens with zero attached hydrogens (tertiary/aromatic N) is 1. The van der Waals surface area contributed by atoms with Crippen LogP contribution in [0.25, 0.3) is 0 Å². The van der Waals surface area contributed by atoms with Crippen molar-refractivity contribution >= 4 is 44.5 Å². The number of pyridine rings is 1. The van der Waals surface area contributed by atoms with Crippen LogP contribution in [-0.2, 0) is 4.74 Å². The zero-order valence-electron chi connectivity index (χ0n) is 8.14. The molecule has 7 heteroatoms. The van der Waals surface area contributed by atoms with Crippen molar-refractivity contribution in [3.05, 3.63) is 25.5 Å². The highest BCUT2D eigenvalue weighted by Crippen LogP contribution is 2.31. The summed E-state index contributed by atoms with van der Waals surface area (Å²) in [6.07, 6.45) is -1.52. The second-order valence-corrected chi connectivity index (χ2v) is 4.66. The molecule has 0 aromatic carbocycles. The Bertz CT molecular complexity index is 415. The van der Waals surface area contributed by atoms with E-state index < -0.39 is 18.1 Å². The Balaban J connectivity index is 3.26. The third kappa shape index (κ3) is 2.88. The minimum atomic E-state index is -2.74. The van der Waals surface area contributed by atoms with Gasteiger partial charge in [0, 0.05) is 9.77 Å². The van der Waals surface area contributed by atoms with E-state index in [0.29, 0.717) is 3.57 Å². The van der Waals surface area contributed by atoms with Crippen LogP contribution in [0.4, 0.5) is 8.78 Å². The quantitative estimate of drug-likeness (QED) is 0.570. The Morgan fingerprint density at radius 3 is 2.81 bits per heavy atom. The van der Waals surface area contributed by atoms with Crippen LogP contribution in [0.3, 0.4) is 0 Å². The highest BCUT2D eigenvalue weighted by atomic mass is 127. The van der Waals surface area contributed by atoms with Gasteiger partial charge in [-0.15, -0.1) is 0 Å². The summed E-state index contributed by atoms with van der Waals surface area (Å²) in [6.45, 7) is 1.83. The molecule has 0 radical (unpaired) electrons. The Hall–Kier alpha value is -0.310. The van der Waals surface area contributed by atoms with E-state index in [0.717, 1.165) is 0 Å². The normalized spacial score (nSPS) is 10.6. The largest absolute Gasteiger partial charge is 0.462 e. The molecule has 3 nitrogen and oxygen atoms in total. The number of rotatable bonds is 3. The lowest BCUT2D eigenvalue weighted by atomic mass is 10.2. The number of aromatic nitrogens is 1. The molecule has 1 rings (SSSR count). The van der Waals surface area contributed by atoms with Crippen LogP contribution in [0.2, 0.25) is 0 Å². The SMILES string of the molecule is CCOC(=O)c1c(I)cnc(C(F)F)c1Br. The summed E-state index contributed by atoms with van der Waals surface area (Å²) in [4.78, 5) is 15.1. The van der Waals surface area contributed by atoms with Crippen LogP contribution in [0.5, 0.6) is 0 Å². The number of alkyl halides is 2. The molecule has 0 aliphatic heterocycles. The molecule has 0 saturated carbocycles. The molecule has 0 bridgehead atoms. The van der Waals surface area contributed by atoms with Gasteiger partial charge in [-0.05, 0) is 45.4 Å². The maximum Gasteiger partial charge on any atom is 0.340 e. The van der Waals surface area contributed by atoms with Gasteiger partial charge < -0.3 is 4.74 Å². The van der Waals surface area contributed by atoms with Crippen LogP contribution >= 0.6 is 38.5 Å². The van der Waals surface area contributed by atoms with E-state index in [1.54, 1.807) is 6.92 Å². The first-order chi connectivity index (χ1) is 7.49. The summed E-state index contributed by atoms with van der Waals surface area (Å²) in [7, 11) is 0. The number of carbonyl (C=O) groups excluding carboxylic acids is 1. The summed E-state index contributed by atoms with van der Waals surface area (Å²) in [5, 5.41) is 0. The number of hydrogen-bond donors (Lipinski definition) is 0. The van der Waals surface area contributed by atoms with E-state index in [-0.39, 0.29) is 16.6 Å². The summed E-state index contributed by atoms with van der Waals surface area (Å²) in [5.41, 5.74) is -0.365. The van der Waals surface area contributed by atoms with Crippen molar-refractivity contribution in [1.82, 2.24) is 4.98 Å². The molecular formula is C9H7BrF2INO2. The van der Waals surface area contributed by atoms with E-state index in [1.807, 2.05) is 22.6 Å². The second-order valence-electron chi connectivity index (χ2n) is 2.70. The van der Waals surface area contributed by atoms with Crippen molar-refractivity contribution in [1.29, 1.82) is 0 Å². The van der Waals surface area contributed by atoms with Crippen molar-refractivity contribution < 1.29 is 18.3 Å². The van der Waals surface area contributed by atoms with E-state index in [1.165, 1.54) is 6.20 Å². The number of carbonyl (C=O) groups is 1. The molecule has 0 N–H and O–H groups in total. The van der Waals surface area contributed by atoms with E-state index in [4.69, 9.17) is 4.74 Å². The standard InChI is InChI=1S/C9H7BrF2INO2/c1-2-16-9(15)5-4(13)3-14-7(6(5)10)8(11)12/h3,8H,2H2,1H3. The first-order valence-electron chi connectivity index (χ1n) is 4.28. The average molecular weight is 406 g/mol. The van der Waals surface area contributed by atoms with Gasteiger partial charge in [-0.25, -0.2) is 13.6 Å². The molecule has 0 unspecified atom stereocenters. The molecule has 16 heavy (non-hydrogen) atoms. The Morgan fingerprint density at radius 1 is 1.69 bits per heavy atom. The molecule has 0 saturated heterocycles. The van der Waals surface area contributed by atoms with Gasteiger partial charge in [-0.1, -0.05) is 0 Å². The molecule has 0 atom stereocenters. The van der Waals surface area contributed by atoms with Crippen molar-refractivity contribution in [2.45, 2.75) is 13.3 Å². The Labute approximate surface area is 113 Å². The zero-order chi connectivity index (χ0) is 12.3. The summed E-state index contributed by atoms with van der Waals surface area (Å²) < 4.78 is 30.3. The fourth-order valence-electron chi connectivity index (χ4n) is 1.02. The fraction of sp³-hybridized carbons (Fsp3) is 0.333. The lowest BCUT2D eigenvalue weighted by Crippen LogP contribution is -2.10. The van der Waals surface area contributed by atoms with Gasteiger partial charge in [0.05, 0.1) is 16.6 Å². The predicted molar refractivity (Wildman–Crippen MR) is 65.6 cm³/mol. The first-order valence-corrected chi connectivity index (χ1v) is 6.15. The van der Waals surface area contributed by atoms with Crippen molar-refractivity contribution in [3.63, 3.8) is 0 Å². The molecule has 1 aromatic rings. The number of halogens is 4. The third-order valence-electron chi connectivity index (χ3n) is 1.69. The van der Waals surface area contributed by atoms with Gasteiger partial charge in [-0.2, -0.15) is 0 Å². The Kier molecular flexibility index (Phi) is 5.03. The number of hydrogen-bond acceptors (Lipinski definition) is 3. The molecule has 1 aromatic heterocycles. The van der Waals surface area contributed by atoms with Gasteiger partial charge in [0.15, 0.2) is 0 Å². The minimum Gasteiger partial charge on any atom is -0.462 e. The molecular weight excluding hydrogens is 399 g/mol. The van der Waals surface area contributed by atoms with Crippen molar-refractivity contribution in [3.8, 4) is 0 Å². The zero-order valence-corrected chi connectivity index (χ0v) is 11.9. The summed E-state index contributed by atoms with van der Waals surface area (Å²) in [5.74, 6) is -0.636. The first kappa shape index (κ1) is 13.8. The van der Waals surface area contributed by atoms with Crippen LogP contribution in [0.1, 0.15) is 29.4 Å². The monoisotopic (exact) mass is 405 g/mol. The fourth-order valence-corrected chi connectivity index (χ4v) is 2.67. The smallest absolute Gasteiger partial charge is 0.340 e. The molecule has 0 aliphatic carbocycles. The second kappa shape index (κ2) is 5.85. The molecule has 1 heterocycles. The van der Waals surface area contributed by atoms with Gasteiger partial charge in [0.1, 0.15) is 5.69 Å². The van der Waals surface area contributed by atoms with Gasteiger partial charge in [0.25, 0.3) is 6.43 Å².